The molecule has 7 nitrogen and oxygen atoms in total. The van der Waals surface area contributed by atoms with E-state index in [9.17, 15) is 9.59 Å². The van der Waals surface area contributed by atoms with Gasteiger partial charge in [-0.1, -0.05) is 25.7 Å². The highest BCUT2D eigenvalue weighted by Crippen LogP contribution is 2.37. The van der Waals surface area contributed by atoms with Crippen molar-refractivity contribution in [2.75, 3.05) is 20.3 Å². The Bertz CT molecular complexity index is 1030. The Hall–Kier alpha value is -2.54. The number of amides is 2. The quantitative estimate of drug-likeness (QED) is 0.698. The number of rotatable bonds is 5. The lowest BCUT2D eigenvalue weighted by Crippen LogP contribution is -2.66. The highest BCUT2D eigenvalue weighted by atomic mass is 16.5. The fourth-order valence-electron chi connectivity index (χ4n) is 5.91. The van der Waals surface area contributed by atoms with Crippen LogP contribution in [0.4, 0.5) is 0 Å². The first kappa shape index (κ1) is 22.3. The molecule has 1 aromatic heterocycles. The molecule has 2 aliphatic heterocycles. The van der Waals surface area contributed by atoms with E-state index in [4.69, 9.17) is 9.47 Å². The SMILES string of the molecule is COc1ccc2cc3n(c2c1)CC(C)(C(=O)NCC1CCCO1)N(C1CCCCCC1)C3=O. The number of aromatic nitrogens is 1. The van der Waals surface area contributed by atoms with Gasteiger partial charge in [0.2, 0.25) is 5.91 Å². The van der Waals surface area contributed by atoms with Gasteiger partial charge in [-0.2, -0.15) is 0 Å². The number of carbonyl (C=O) groups is 2. The van der Waals surface area contributed by atoms with E-state index in [2.05, 4.69) is 5.32 Å². The molecule has 2 unspecified atom stereocenters. The number of methoxy groups -OCH3 is 1. The summed E-state index contributed by atoms with van der Waals surface area (Å²) < 4.78 is 13.2. The minimum atomic E-state index is -0.966. The van der Waals surface area contributed by atoms with Crippen LogP contribution in [0.3, 0.4) is 0 Å². The zero-order valence-electron chi connectivity index (χ0n) is 19.8. The second-order valence-electron chi connectivity index (χ2n) is 9.98. The molecule has 0 spiro atoms. The summed E-state index contributed by atoms with van der Waals surface area (Å²) in [7, 11) is 1.64. The summed E-state index contributed by atoms with van der Waals surface area (Å²) in [5, 5.41) is 4.13. The third-order valence-corrected chi connectivity index (χ3v) is 7.74. The van der Waals surface area contributed by atoms with Crippen molar-refractivity contribution >= 4 is 22.7 Å². The van der Waals surface area contributed by atoms with Crippen LogP contribution in [0.2, 0.25) is 0 Å². The van der Waals surface area contributed by atoms with Crippen molar-refractivity contribution in [1.29, 1.82) is 0 Å². The molecule has 2 amide bonds. The Morgan fingerprint density at radius 1 is 1.15 bits per heavy atom. The first-order valence-electron chi connectivity index (χ1n) is 12.4. The molecular formula is C26H35N3O4. The van der Waals surface area contributed by atoms with Crippen molar-refractivity contribution in [1.82, 2.24) is 14.8 Å². The predicted molar refractivity (Wildman–Crippen MR) is 127 cm³/mol. The third kappa shape index (κ3) is 4.01. The van der Waals surface area contributed by atoms with Crippen molar-refractivity contribution in [3.8, 4) is 5.75 Å². The smallest absolute Gasteiger partial charge is 0.271 e. The number of nitrogens with one attached hydrogen (secondary N) is 1. The maximum atomic E-state index is 14.0. The summed E-state index contributed by atoms with van der Waals surface area (Å²) in [5.41, 5.74) is 0.621. The molecule has 2 atom stereocenters. The van der Waals surface area contributed by atoms with E-state index >= 15 is 0 Å². The molecule has 0 bridgehead atoms. The zero-order chi connectivity index (χ0) is 23.0. The van der Waals surface area contributed by atoms with Gasteiger partial charge in [0.15, 0.2) is 0 Å². The molecule has 0 radical (unpaired) electrons. The fourth-order valence-corrected chi connectivity index (χ4v) is 5.91. The minimum Gasteiger partial charge on any atom is -0.497 e. The van der Waals surface area contributed by atoms with E-state index in [0.717, 1.165) is 61.8 Å². The second-order valence-corrected chi connectivity index (χ2v) is 9.98. The molecule has 1 aromatic carbocycles. The number of carbonyl (C=O) groups excluding carboxylic acids is 2. The van der Waals surface area contributed by atoms with Gasteiger partial charge in [0.05, 0.1) is 25.3 Å². The van der Waals surface area contributed by atoms with Crippen LogP contribution in [0.1, 0.15) is 68.8 Å². The summed E-state index contributed by atoms with van der Waals surface area (Å²) in [4.78, 5) is 29.7. The molecule has 7 heteroatoms. The van der Waals surface area contributed by atoms with Crippen molar-refractivity contribution in [2.24, 2.45) is 0 Å². The maximum absolute atomic E-state index is 14.0. The Balaban J connectivity index is 1.53. The number of hydrogen-bond donors (Lipinski definition) is 1. The maximum Gasteiger partial charge on any atom is 0.271 e. The van der Waals surface area contributed by atoms with Crippen molar-refractivity contribution in [3.05, 3.63) is 30.0 Å². The highest BCUT2D eigenvalue weighted by Gasteiger charge is 2.50. The van der Waals surface area contributed by atoms with E-state index in [1.54, 1.807) is 7.11 Å². The molecule has 5 rings (SSSR count). The topological polar surface area (TPSA) is 72.8 Å². The molecular weight excluding hydrogens is 418 g/mol. The number of ether oxygens (including phenoxy) is 2. The monoisotopic (exact) mass is 453 g/mol. The minimum absolute atomic E-state index is 0.0434. The Morgan fingerprint density at radius 2 is 1.94 bits per heavy atom. The number of fused-ring (bicyclic) bond motifs is 3. The average molecular weight is 454 g/mol. The largest absolute Gasteiger partial charge is 0.497 e. The first-order valence-corrected chi connectivity index (χ1v) is 12.4. The molecule has 2 aromatic rings. The van der Waals surface area contributed by atoms with Crippen LogP contribution in [0.15, 0.2) is 24.3 Å². The van der Waals surface area contributed by atoms with Crippen LogP contribution in [-0.2, 0) is 16.1 Å². The van der Waals surface area contributed by atoms with Gasteiger partial charge in [-0.25, -0.2) is 0 Å². The van der Waals surface area contributed by atoms with Crippen LogP contribution in [0.25, 0.3) is 10.9 Å². The summed E-state index contributed by atoms with van der Waals surface area (Å²) in [5.74, 6) is 0.607. The molecule has 33 heavy (non-hydrogen) atoms. The zero-order valence-corrected chi connectivity index (χ0v) is 19.8. The van der Waals surface area contributed by atoms with E-state index in [0.29, 0.717) is 18.8 Å². The van der Waals surface area contributed by atoms with Gasteiger partial charge in [0.25, 0.3) is 5.91 Å². The lowest BCUT2D eigenvalue weighted by molar-refractivity contribution is -0.135. The van der Waals surface area contributed by atoms with Gasteiger partial charge in [-0.3, -0.25) is 9.59 Å². The van der Waals surface area contributed by atoms with Gasteiger partial charge >= 0.3 is 0 Å². The van der Waals surface area contributed by atoms with Gasteiger partial charge in [-0.15, -0.1) is 0 Å². The second kappa shape index (κ2) is 9.01. The molecule has 1 saturated heterocycles. The van der Waals surface area contributed by atoms with Crippen molar-refractivity contribution < 1.29 is 19.1 Å². The molecule has 1 N–H and O–H groups in total. The first-order chi connectivity index (χ1) is 16.0. The van der Waals surface area contributed by atoms with Crippen LogP contribution < -0.4 is 10.1 Å². The van der Waals surface area contributed by atoms with Gasteiger partial charge in [-0.05, 0) is 50.8 Å². The lowest BCUT2D eigenvalue weighted by atomic mass is 9.90. The van der Waals surface area contributed by atoms with Gasteiger partial charge in [0, 0.05) is 30.6 Å². The van der Waals surface area contributed by atoms with Crippen molar-refractivity contribution in [3.63, 3.8) is 0 Å². The van der Waals surface area contributed by atoms with E-state index < -0.39 is 5.54 Å². The summed E-state index contributed by atoms with van der Waals surface area (Å²) in [6.45, 7) is 3.62. The van der Waals surface area contributed by atoms with E-state index in [-0.39, 0.29) is 24.0 Å². The normalized spacial score (nSPS) is 26.3. The van der Waals surface area contributed by atoms with Crippen LogP contribution >= 0.6 is 0 Å². The Labute approximate surface area is 195 Å². The Kier molecular flexibility index (Phi) is 6.08. The van der Waals surface area contributed by atoms with Gasteiger partial charge in [0.1, 0.15) is 17.0 Å². The standard InChI is InChI=1S/C26H35N3O4/c1-26(25(31)27-16-21-10-7-13-33-21)17-28-22-15-20(32-2)12-11-18(22)14-23(28)24(30)29(26)19-8-5-3-4-6-9-19/h11-12,14-15,19,21H,3-10,13,16-17H2,1-2H3,(H,27,31). The molecule has 3 heterocycles. The molecule has 1 saturated carbocycles. The molecule has 178 valence electrons. The third-order valence-electron chi connectivity index (χ3n) is 7.74. The number of benzene rings is 1. The van der Waals surface area contributed by atoms with E-state index in [1.807, 2.05) is 40.7 Å². The van der Waals surface area contributed by atoms with Crippen LogP contribution in [0.5, 0.6) is 5.75 Å². The molecule has 1 aliphatic carbocycles. The number of nitrogens with zero attached hydrogens (tertiary/aromatic N) is 2. The Morgan fingerprint density at radius 3 is 2.64 bits per heavy atom. The van der Waals surface area contributed by atoms with Crippen LogP contribution in [0, 0.1) is 0 Å². The molecule has 2 fully saturated rings. The number of hydrogen-bond acceptors (Lipinski definition) is 4. The predicted octanol–water partition coefficient (Wildman–Crippen LogP) is 3.88. The fraction of sp³-hybridized carbons (Fsp3) is 0.615. The van der Waals surface area contributed by atoms with Crippen LogP contribution in [-0.4, -0.2) is 59.2 Å². The average Bonchev–Trinajstić information content (AvgIpc) is 3.38. The molecule has 3 aliphatic rings. The van der Waals surface area contributed by atoms with Crippen molar-refractivity contribution in [2.45, 2.75) is 82.5 Å². The summed E-state index contributed by atoms with van der Waals surface area (Å²) in [6, 6.07) is 7.90. The summed E-state index contributed by atoms with van der Waals surface area (Å²) in [6.07, 6.45) is 8.56. The highest BCUT2D eigenvalue weighted by molar-refractivity contribution is 6.04. The lowest BCUT2D eigenvalue weighted by Gasteiger charge is -2.48. The van der Waals surface area contributed by atoms with E-state index in [1.165, 1.54) is 12.8 Å². The van der Waals surface area contributed by atoms with Gasteiger partial charge < -0.3 is 24.3 Å². The summed E-state index contributed by atoms with van der Waals surface area (Å²) >= 11 is 0.